The van der Waals surface area contributed by atoms with Crippen LogP contribution >= 0.6 is 0 Å². The van der Waals surface area contributed by atoms with Gasteiger partial charge in [-0.1, -0.05) is 12.1 Å². The van der Waals surface area contributed by atoms with E-state index in [0.29, 0.717) is 19.4 Å². The molecule has 6 heteroatoms. The van der Waals surface area contributed by atoms with E-state index in [0.717, 1.165) is 29.9 Å². The van der Waals surface area contributed by atoms with Crippen LogP contribution in [0.25, 0.3) is 0 Å². The van der Waals surface area contributed by atoms with Crippen molar-refractivity contribution >= 4 is 23.2 Å². The number of nitrogens with zero attached hydrogens (tertiary/aromatic N) is 2. The van der Waals surface area contributed by atoms with Crippen molar-refractivity contribution in [2.75, 3.05) is 30.4 Å². The number of rotatable bonds is 7. The highest BCUT2D eigenvalue weighted by molar-refractivity contribution is 5.96. The smallest absolute Gasteiger partial charge is 0.227 e. The summed E-state index contributed by atoms with van der Waals surface area (Å²) < 4.78 is 13.1. The van der Waals surface area contributed by atoms with Crippen LogP contribution in [0.2, 0.25) is 0 Å². The second-order valence-corrected chi connectivity index (χ2v) is 7.20. The van der Waals surface area contributed by atoms with Crippen LogP contribution in [0.5, 0.6) is 0 Å². The van der Waals surface area contributed by atoms with Crippen molar-refractivity contribution in [2.24, 2.45) is 0 Å². The summed E-state index contributed by atoms with van der Waals surface area (Å²) in [5, 5.41) is 2.89. The third kappa shape index (κ3) is 4.95. The molecule has 148 valence electrons. The van der Waals surface area contributed by atoms with Crippen LogP contribution in [0.3, 0.4) is 0 Å². The molecule has 2 amide bonds. The lowest BCUT2D eigenvalue weighted by Crippen LogP contribution is -2.27. The Balaban J connectivity index is 1.48. The normalized spacial score (nSPS) is 15.1. The van der Waals surface area contributed by atoms with Gasteiger partial charge in [0.15, 0.2) is 0 Å². The van der Waals surface area contributed by atoms with Crippen LogP contribution in [0, 0.1) is 5.82 Å². The molecule has 2 aromatic carbocycles. The summed E-state index contributed by atoms with van der Waals surface area (Å²) in [7, 11) is 1.95. The second-order valence-electron chi connectivity index (χ2n) is 7.20. The molecule has 0 bridgehead atoms. The van der Waals surface area contributed by atoms with Gasteiger partial charge in [-0.15, -0.1) is 0 Å². The zero-order valence-corrected chi connectivity index (χ0v) is 16.3. The maximum atomic E-state index is 13.1. The van der Waals surface area contributed by atoms with E-state index in [1.807, 2.05) is 38.2 Å². The molecule has 1 unspecified atom stereocenters. The Labute approximate surface area is 165 Å². The summed E-state index contributed by atoms with van der Waals surface area (Å²) in [6.07, 6.45) is 1.85. The van der Waals surface area contributed by atoms with E-state index in [1.54, 1.807) is 17.0 Å². The molecule has 0 radical (unpaired) electrons. The van der Waals surface area contributed by atoms with Gasteiger partial charge in [0.1, 0.15) is 5.82 Å². The molecule has 28 heavy (non-hydrogen) atoms. The number of hydrogen-bond donors (Lipinski definition) is 1. The predicted octanol–water partition coefficient (Wildman–Crippen LogP) is 3.97. The lowest BCUT2D eigenvalue weighted by atomic mass is 10.1. The summed E-state index contributed by atoms with van der Waals surface area (Å²) >= 11 is 0. The van der Waals surface area contributed by atoms with E-state index in [1.165, 1.54) is 12.1 Å². The topological polar surface area (TPSA) is 52.7 Å². The quantitative estimate of drug-likeness (QED) is 0.787. The number of halogens is 1. The fourth-order valence-electron chi connectivity index (χ4n) is 3.34. The van der Waals surface area contributed by atoms with Crippen molar-refractivity contribution in [3.8, 4) is 0 Å². The van der Waals surface area contributed by atoms with Gasteiger partial charge >= 0.3 is 0 Å². The Bertz CT molecular complexity index is 821. The minimum Gasteiger partial charge on any atom is -0.326 e. The Morgan fingerprint density at radius 1 is 1.18 bits per heavy atom. The minimum absolute atomic E-state index is 0.0665. The highest BCUT2D eigenvalue weighted by atomic mass is 19.1. The highest BCUT2D eigenvalue weighted by Crippen LogP contribution is 2.23. The van der Waals surface area contributed by atoms with E-state index in [9.17, 15) is 14.0 Å². The van der Waals surface area contributed by atoms with Crippen LogP contribution in [0.4, 0.5) is 15.8 Å². The molecular weight excluding hydrogens is 357 g/mol. The molecule has 1 N–H and O–H groups in total. The van der Waals surface area contributed by atoms with Crippen molar-refractivity contribution in [3.63, 3.8) is 0 Å². The van der Waals surface area contributed by atoms with Gasteiger partial charge in [-0.05, 0) is 62.4 Å². The van der Waals surface area contributed by atoms with Gasteiger partial charge in [-0.25, -0.2) is 4.39 Å². The number of nitrogens with one attached hydrogen (secondary N) is 1. The lowest BCUT2D eigenvalue weighted by Gasteiger charge is -2.24. The number of amides is 2. The Morgan fingerprint density at radius 3 is 2.46 bits per heavy atom. The third-order valence-corrected chi connectivity index (χ3v) is 5.24. The largest absolute Gasteiger partial charge is 0.326 e. The maximum absolute atomic E-state index is 13.1. The standard InChI is InChI=1S/C22H26FN3O2/c1-16(17-5-7-18(23)8-6-17)25(2)15-13-21(27)24-19-9-11-20(12-10-19)26-14-3-4-22(26)28/h5-12,16H,3-4,13-15H2,1-2H3,(H,24,27). The fourth-order valence-corrected chi connectivity index (χ4v) is 3.34. The number of carbonyl (C=O) groups is 2. The minimum atomic E-state index is -0.252. The molecule has 2 aromatic rings. The van der Waals surface area contributed by atoms with Gasteiger partial charge in [0, 0.05) is 43.3 Å². The highest BCUT2D eigenvalue weighted by Gasteiger charge is 2.21. The molecule has 1 aliphatic heterocycles. The number of benzene rings is 2. The Kier molecular flexibility index (Phi) is 6.41. The molecule has 3 rings (SSSR count). The fraction of sp³-hybridized carbons (Fsp3) is 0.364. The molecular formula is C22H26FN3O2. The lowest BCUT2D eigenvalue weighted by molar-refractivity contribution is -0.117. The Morgan fingerprint density at radius 2 is 1.86 bits per heavy atom. The van der Waals surface area contributed by atoms with E-state index < -0.39 is 0 Å². The number of carbonyl (C=O) groups excluding carboxylic acids is 2. The van der Waals surface area contributed by atoms with Crippen molar-refractivity contribution in [1.82, 2.24) is 4.90 Å². The zero-order chi connectivity index (χ0) is 20.1. The molecule has 0 saturated carbocycles. The van der Waals surface area contributed by atoms with E-state index in [-0.39, 0.29) is 23.7 Å². The summed E-state index contributed by atoms with van der Waals surface area (Å²) in [5.74, 6) is -0.170. The summed E-state index contributed by atoms with van der Waals surface area (Å²) in [6, 6.07) is 13.9. The second kappa shape index (κ2) is 8.97. The molecule has 1 fully saturated rings. The SMILES string of the molecule is CC(c1ccc(F)cc1)N(C)CCC(=O)Nc1ccc(N2CCCC2=O)cc1. The first kappa shape index (κ1) is 20.0. The molecule has 1 saturated heterocycles. The molecule has 5 nitrogen and oxygen atoms in total. The van der Waals surface area contributed by atoms with Crippen molar-refractivity contribution in [2.45, 2.75) is 32.2 Å². The van der Waals surface area contributed by atoms with Crippen molar-refractivity contribution in [1.29, 1.82) is 0 Å². The molecule has 1 atom stereocenters. The molecule has 1 aliphatic rings. The first-order chi connectivity index (χ1) is 13.4. The van der Waals surface area contributed by atoms with Crippen LogP contribution in [0.1, 0.15) is 37.8 Å². The average molecular weight is 383 g/mol. The van der Waals surface area contributed by atoms with Gasteiger partial charge < -0.3 is 10.2 Å². The van der Waals surface area contributed by atoms with Crippen LogP contribution in [0.15, 0.2) is 48.5 Å². The van der Waals surface area contributed by atoms with Gasteiger partial charge in [0.2, 0.25) is 11.8 Å². The van der Waals surface area contributed by atoms with Crippen molar-refractivity contribution < 1.29 is 14.0 Å². The van der Waals surface area contributed by atoms with Gasteiger partial charge in [0.25, 0.3) is 0 Å². The van der Waals surface area contributed by atoms with E-state index in [4.69, 9.17) is 0 Å². The Hall–Kier alpha value is -2.73. The first-order valence-electron chi connectivity index (χ1n) is 9.60. The third-order valence-electron chi connectivity index (χ3n) is 5.24. The van der Waals surface area contributed by atoms with Gasteiger partial charge in [0.05, 0.1) is 0 Å². The van der Waals surface area contributed by atoms with Crippen LogP contribution in [-0.4, -0.2) is 36.9 Å². The molecule has 0 aromatic heterocycles. The van der Waals surface area contributed by atoms with Gasteiger partial charge in [-0.3, -0.25) is 14.5 Å². The van der Waals surface area contributed by atoms with Crippen LogP contribution in [-0.2, 0) is 9.59 Å². The maximum Gasteiger partial charge on any atom is 0.227 e. The van der Waals surface area contributed by atoms with E-state index in [2.05, 4.69) is 10.2 Å². The number of anilines is 2. The zero-order valence-electron chi connectivity index (χ0n) is 16.3. The monoisotopic (exact) mass is 383 g/mol. The molecule has 0 spiro atoms. The summed E-state index contributed by atoms with van der Waals surface area (Å²) in [5.41, 5.74) is 2.60. The van der Waals surface area contributed by atoms with Crippen molar-refractivity contribution in [3.05, 3.63) is 59.9 Å². The summed E-state index contributed by atoms with van der Waals surface area (Å²) in [4.78, 5) is 27.9. The molecule has 1 heterocycles. The average Bonchev–Trinajstić information content (AvgIpc) is 3.12. The van der Waals surface area contributed by atoms with E-state index >= 15 is 0 Å². The first-order valence-corrected chi connectivity index (χ1v) is 9.60. The van der Waals surface area contributed by atoms with Crippen LogP contribution < -0.4 is 10.2 Å². The number of hydrogen-bond acceptors (Lipinski definition) is 3. The van der Waals surface area contributed by atoms with Gasteiger partial charge in [-0.2, -0.15) is 0 Å². The molecule has 0 aliphatic carbocycles. The summed E-state index contributed by atoms with van der Waals surface area (Å²) in [6.45, 7) is 3.37. The predicted molar refractivity (Wildman–Crippen MR) is 109 cm³/mol.